The number of aromatic nitrogens is 1. The Morgan fingerprint density at radius 2 is 1.64 bits per heavy atom. The molecular weight excluding hydrogens is 274 g/mol. The van der Waals surface area contributed by atoms with Crippen LogP contribution in [0.25, 0.3) is 11.1 Å². The second-order valence-electron chi connectivity index (χ2n) is 4.92. The Balaban J connectivity index is 1.77. The fourth-order valence-electron chi connectivity index (χ4n) is 2.19. The van der Waals surface area contributed by atoms with E-state index < -0.39 is 0 Å². The zero-order valence-electron chi connectivity index (χ0n) is 12.4. The van der Waals surface area contributed by atoms with E-state index in [4.69, 9.17) is 9.47 Å². The highest BCUT2D eigenvalue weighted by atomic mass is 16.5. The van der Waals surface area contributed by atoms with Gasteiger partial charge in [-0.2, -0.15) is 0 Å². The van der Waals surface area contributed by atoms with Crippen LogP contribution in [0.2, 0.25) is 0 Å². The molecule has 2 aromatic carbocycles. The lowest BCUT2D eigenvalue weighted by atomic mass is 10.1. The maximum absolute atomic E-state index is 5.86. The van der Waals surface area contributed by atoms with Gasteiger partial charge in [0.1, 0.15) is 18.1 Å². The average molecular weight is 291 g/mol. The van der Waals surface area contributed by atoms with Crippen LogP contribution >= 0.6 is 0 Å². The highest BCUT2D eigenvalue weighted by Crippen LogP contribution is 2.26. The highest BCUT2D eigenvalue weighted by Gasteiger charge is 2.03. The van der Waals surface area contributed by atoms with Crippen LogP contribution in [-0.2, 0) is 6.61 Å². The van der Waals surface area contributed by atoms with Crippen molar-refractivity contribution in [3.8, 4) is 22.6 Å². The van der Waals surface area contributed by atoms with Gasteiger partial charge in [0, 0.05) is 11.8 Å². The van der Waals surface area contributed by atoms with Gasteiger partial charge in [-0.1, -0.05) is 42.5 Å². The van der Waals surface area contributed by atoms with Gasteiger partial charge in [0.15, 0.2) is 0 Å². The van der Waals surface area contributed by atoms with Crippen LogP contribution < -0.4 is 9.47 Å². The molecule has 22 heavy (non-hydrogen) atoms. The molecule has 0 aliphatic carbocycles. The molecule has 0 saturated carbocycles. The third-order valence-electron chi connectivity index (χ3n) is 3.36. The largest absolute Gasteiger partial charge is 0.495 e. The molecule has 0 N–H and O–H groups in total. The van der Waals surface area contributed by atoms with Crippen LogP contribution in [0.15, 0.2) is 73.1 Å². The van der Waals surface area contributed by atoms with E-state index in [1.807, 2.05) is 54.7 Å². The van der Waals surface area contributed by atoms with E-state index in [0.717, 1.165) is 28.2 Å². The van der Waals surface area contributed by atoms with E-state index in [1.165, 1.54) is 0 Å². The third kappa shape index (κ3) is 3.44. The molecule has 0 bridgehead atoms. The van der Waals surface area contributed by atoms with Gasteiger partial charge in [-0.15, -0.1) is 0 Å². The monoisotopic (exact) mass is 291 g/mol. The molecule has 0 aliphatic rings. The maximum atomic E-state index is 5.86. The van der Waals surface area contributed by atoms with Crippen molar-refractivity contribution in [1.82, 2.24) is 4.98 Å². The second-order valence-corrected chi connectivity index (χ2v) is 4.92. The predicted molar refractivity (Wildman–Crippen MR) is 87.0 cm³/mol. The van der Waals surface area contributed by atoms with E-state index in [9.17, 15) is 0 Å². The summed E-state index contributed by atoms with van der Waals surface area (Å²) < 4.78 is 11.1. The lowest BCUT2D eigenvalue weighted by molar-refractivity contribution is 0.306. The van der Waals surface area contributed by atoms with E-state index >= 15 is 0 Å². The molecular formula is C19H17NO2. The number of benzene rings is 2. The van der Waals surface area contributed by atoms with Crippen LogP contribution in [-0.4, -0.2) is 12.1 Å². The summed E-state index contributed by atoms with van der Waals surface area (Å²) in [7, 11) is 1.64. The van der Waals surface area contributed by atoms with Crippen LogP contribution in [0.3, 0.4) is 0 Å². The first-order chi connectivity index (χ1) is 10.8. The highest BCUT2D eigenvalue weighted by molar-refractivity contribution is 5.65. The van der Waals surface area contributed by atoms with Crippen molar-refractivity contribution in [3.05, 3.63) is 78.6 Å². The first-order valence-electron chi connectivity index (χ1n) is 7.11. The van der Waals surface area contributed by atoms with Gasteiger partial charge in [0.05, 0.1) is 13.3 Å². The van der Waals surface area contributed by atoms with Crippen LogP contribution in [0, 0.1) is 0 Å². The molecule has 0 amide bonds. The molecule has 3 heteroatoms. The zero-order chi connectivity index (χ0) is 15.2. The SMILES string of the molecule is COc1cncc(-c2cccc(OCc3ccccc3)c2)c1. The van der Waals surface area contributed by atoms with Gasteiger partial charge in [0.25, 0.3) is 0 Å². The first kappa shape index (κ1) is 14.1. The molecule has 0 radical (unpaired) electrons. The lowest BCUT2D eigenvalue weighted by Gasteiger charge is -2.09. The molecule has 3 rings (SSSR count). The number of methoxy groups -OCH3 is 1. The number of hydrogen-bond acceptors (Lipinski definition) is 3. The number of ether oxygens (including phenoxy) is 2. The quantitative estimate of drug-likeness (QED) is 0.701. The predicted octanol–water partition coefficient (Wildman–Crippen LogP) is 4.34. The number of nitrogens with zero attached hydrogens (tertiary/aromatic N) is 1. The summed E-state index contributed by atoms with van der Waals surface area (Å²) >= 11 is 0. The first-order valence-corrected chi connectivity index (χ1v) is 7.11. The van der Waals surface area contributed by atoms with Gasteiger partial charge >= 0.3 is 0 Å². The molecule has 0 fully saturated rings. The fraction of sp³-hybridized carbons (Fsp3) is 0.105. The summed E-state index contributed by atoms with van der Waals surface area (Å²) in [5.74, 6) is 1.58. The van der Waals surface area contributed by atoms with E-state index in [2.05, 4.69) is 17.1 Å². The topological polar surface area (TPSA) is 31.4 Å². The summed E-state index contributed by atoms with van der Waals surface area (Å²) in [5.41, 5.74) is 3.21. The number of rotatable bonds is 5. The average Bonchev–Trinajstić information content (AvgIpc) is 2.61. The van der Waals surface area contributed by atoms with Crippen molar-refractivity contribution >= 4 is 0 Å². The van der Waals surface area contributed by atoms with Gasteiger partial charge < -0.3 is 9.47 Å². The molecule has 3 nitrogen and oxygen atoms in total. The summed E-state index contributed by atoms with van der Waals surface area (Å²) in [6.07, 6.45) is 3.51. The lowest BCUT2D eigenvalue weighted by Crippen LogP contribution is -1.95. The van der Waals surface area contributed by atoms with Crippen molar-refractivity contribution in [3.63, 3.8) is 0 Å². The van der Waals surface area contributed by atoms with Gasteiger partial charge in [-0.05, 0) is 29.3 Å². The van der Waals surface area contributed by atoms with Crippen LogP contribution in [0.1, 0.15) is 5.56 Å². The van der Waals surface area contributed by atoms with Crippen molar-refractivity contribution in [1.29, 1.82) is 0 Å². The van der Waals surface area contributed by atoms with Gasteiger partial charge in [0.2, 0.25) is 0 Å². The molecule has 0 spiro atoms. The van der Waals surface area contributed by atoms with Crippen molar-refractivity contribution in [2.75, 3.05) is 7.11 Å². The molecule has 3 aromatic rings. The zero-order valence-corrected chi connectivity index (χ0v) is 12.4. The minimum absolute atomic E-state index is 0.556. The number of pyridine rings is 1. The molecule has 1 aromatic heterocycles. The van der Waals surface area contributed by atoms with E-state index in [-0.39, 0.29) is 0 Å². The van der Waals surface area contributed by atoms with Gasteiger partial charge in [-0.25, -0.2) is 0 Å². The Hall–Kier alpha value is -2.81. The Labute approximate surface area is 130 Å². The molecule has 0 saturated heterocycles. The smallest absolute Gasteiger partial charge is 0.137 e. The summed E-state index contributed by atoms with van der Waals surface area (Å²) in [6.45, 7) is 0.556. The maximum Gasteiger partial charge on any atom is 0.137 e. The normalized spacial score (nSPS) is 10.2. The Bertz CT molecular complexity index is 741. The Morgan fingerprint density at radius 3 is 2.45 bits per heavy atom. The van der Waals surface area contributed by atoms with Crippen molar-refractivity contribution < 1.29 is 9.47 Å². The van der Waals surface area contributed by atoms with Crippen LogP contribution in [0.4, 0.5) is 0 Å². The Kier molecular flexibility index (Phi) is 4.35. The summed E-state index contributed by atoms with van der Waals surface area (Å²) in [4.78, 5) is 4.19. The van der Waals surface area contributed by atoms with E-state index in [0.29, 0.717) is 6.61 Å². The standard InChI is InChI=1S/C19H17NO2/c1-21-19-11-17(12-20-13-19)16-8-5-9-18(10-16)22-14-15-6-3-2-4-7-15/h2-13H,14H2,1H3. The molecule has 0 atom stereocenters. The van der Waals surface area contributed by atoms with E-state index in [1.54, 1.807) is 13.3 Å². The van der Waals surface area contributed by atoms with Crippen molar-refractivity contribution in [2.24, 2.45) is 0 Å². The summed E-state index contributed by atoms with van der Waals surface area (Å²) in [5, 5.41) is 0. The fourth-order valence-corrected chi connectivity index (χ4v) is 2.19. The molecule has 110 valence electrons. The van der Waals surface area contributed by atoms with Crippen molar-refractivity contribution in [2.45, 2.75) is 6.61 Å². The summed E-state index contributed by atoms with van der Waals surface area (Å²) in [6, 6.07) is 20.1. The third-order valence-corrected chi connectivity index (χ3v) is 3.36. The molecule has 0 unspecified atom stereocenters. The minimum atomic E-state index is 0.556. The van der Waals surface area contributed by atoms with Crippen LogP contribution in [0.5, 0.6) is 11.5 Å². The number of hydrogen-bond donors (Lipinski definition) is 0. The van der Waals surface area contributed by atoms with Gasteiger partial charge in [-0.3, -0.25) is 4.98 Å². The Morgan fingerprint density at radius 1 is 0.818 bits per heavy atom. The second kappa shape index (κ2) is 6.76. The molecule has 0 aliphatic heterocycles. The minimum Gasteiger partial charge on any atom is -0.495 e. The molecule has 1 heterocycles.